The van der Waals surface area contributed by atoms with Crippen LogP contribution in [0.25, 0.3) is 82.8 Å². The van der Waals surface area contributed by atoms with Crippen LogP contribution in [0.5, 0.6) is 0 Å². The zero-order chi connectivity index (χ0) is 35.7. The van der Waals surface area contributed by atoms with Crippen molar-refractivity contribution in [3.63, 3.8) is 0 Å². The van der Waals surface area contributed by atoms with Crippen molar-refractivity contribution in [2.75, 3.05) is 0 Å². The Kier molecular flexibility index (Phi) is 5.93. The summed E-state index contributed by atoms with van der Waals surface area (Å²) in [7, 11) is 0. The van der Waals surface area contributed by atoms with Gasteiger partial charge in [0.1, 0.15) is 11.2 Å². The first-order chi connectivity index (χ1) is 26.5. The van der Waals surface area contributed by atoms with Gasteiger partial charge in [0.05, 0.1) is 11.0 Å². The van der Waals surface area contributed by atoms with Gasteiger partial charge in [-0.1, -0.05) is 141 Å². The van der Waals surface area contributed by atoms with E-state index >= 15 is 0 Å². The molecule has 2 heteroatoms. The lowest BCUT2D eigenvalue weighted by Crippen LogP contribution is -2.15. The van der Waals surface area contributed by atoms with Crippen molar-refractivity contribution in [3.05, 3.63) is 198 Å². The maximum Gasteiger partial charge on any atom is 0.143 e. The van der Waals surface area contributed by atoms with Crippen molar-refractivity contribution in [1.82, 2.24) is 4.57 Å². The van der Waals surface area contributed by atoms with E-state index in [0.29, 0.717) is 0 Å². The van der Waals surface area contributed by atoms with Gasteiger partial charge in [-0.3, -0.25) is 0 Å². The molecule has 10 aromatic rings. The first kappa shape index (κ1) is 29.9. The van der Waals surface area contributed by atoms with E-state index < -0.39 is 0 Å². The number of benzene rings is 8. The third-order valence-corrected chi connectivity index (χ3v) is 12.5. The summed E-state index contributed by atoms with van der Waals surface area (Å²) in [6.45, 7) is 4.79. The zero-order valence-corrected chi connectivity index (χ0v) is 30.1. The van der Waals surface area contributed by atoms with Crippen LogP contribution < -0.4 is 0 Å². The van der Waals surface area contributed by atoms with Crippen LogP contribution >= 0.6 is 0 Å². The Balaban J connectivity index is 1.01. The van der Waals surface area contributed by atoms with Crippen LogP contribution in [0, 0.1) is 0 Å². The number of aromatic nitrogens is 1. The first-order valence-corrected chi connectivity index (χ1v) is 19.0. The van der Waals surface area contributed by atoms with Crippen LogP contribution in [0.4, 0.5) is 0 Å². The molecule has 0 spiro atoms. The van der Waals surface area contributed by atoms with Crippen LogP contribution in [0.15, 0.2) is 174 Å². The lowest BCUT2D eigenvalue weighted by molar-refractivity contribution is 0.658. The second-order valence-electron chi connectivity index (χ2n) is 15.6. The molecule has 2 nitrogen and oxygen atoms in total. The van der Waals surface area contributed by atoms with Crippen molar-refractivity contribution in [2.24, 2.45) is 0 Å². The summed E-state index contributed by atoms with van der Waals surface area (Å²) < 4.78 is 8.90. The zero-order valence-electron chi connectivity index (χ0n) is 30.1. The molecule has 12 rings (SSSR count). The average Bonchev–Trinajstić information content (AvgIpc) is 3.92. The van der Waals surface area contributed by atoms with E-state index in [-0.39, 0.29) is 11.3 Å². The Morgan fingerprint density at radius 2 is 1.17 bits per heavy atom. The molecule has 1 unspecified atom stereocenters. The van der Waals surface area contributed by atoms with Crippen molar-refractivity contribution >= 4 is 43.7 Å². The Morgan fingerprint density at radius 1 is 0.463 bits per heavy atom. The van der Waals surface area contributed by atoms with Crippen molar-refractivity contribution in [1.29, 1.82) is 0 Å². The largest absolute Gasteiger partial charge is 0.455 e. The number of hydrogen-bond acceptors (Lipinski definition) is 1. The van der Waals surface area contributed by atoms with Crippen molar-refractivity contribution < 1.29 is 4.42 Å². The summed E-state index contributed by atoms with van der Waals surface area (Å²) in [5.74, 6) is 0.144. The summed E-state index contributed by atoms with van der Waals surface area (Å²) in [5, 5.41) is 4.91. The molecule has 0 saturated carbocycles. The third-order valence-electron chi connectivity index (χ3n) is 12.5. The van der Waals surface area contributed by atoms with E-state index in [1.54, 1.807) is 0 Å². The molecule has 8 aromatic carbocycles. The Morgan fingerprint density at radius 3 is 2.06 bits per heavy atom. The van der Waals surface area contributed by atoms with Gasteiger partial charge in [0.15, 0.2) is 0 Å². The van der Waals surface area contributed by atoms with Gasteiger partial charge >= 0.3 is 0 Å². The first-order valence-electron chi connectivity index (χ1n) is 19.0. The van der Waals surface area contributed by atoms with E-state index in [1.165, 1.54) is 83.1 Å². The van der Waals surface area contributed by atoms with Gasteiger partial charge < -0.3 is 8.98 Å². The normalized spacial score (nSPS) is 15.2. The highest BCUT2D eigenvalue weighted by atomic mass is 16.3. The van der Waals surface area contributed by atoms with E-state index in [0.717, 1.165) is 27.5 Å². The molecular weight excluding hydrogens is 655 g/mol. The predicted molar refractivity (Wildman–Crippen MR) is 224 cm³/mol. The molecule has 254 valence electrons. The van der Waals surface area contributed by atoms with Crippen LogP contribution in [-0.2, 0) is 5.41 Å². The molecule has 2 aromatic heterocycles. The summed E-state index contributed by atoms with van der Waals surface area (Å²) in [6.07, 6.45) is 0. The van der Waals surface area contributed by atoms with E-state index in [4.69, 9.17) is 4.42 Å². The summed E-state index contributed by atoms with van der Waals surface area (Å²) >= 11 is 0. The molecule has 1 atom stereocenters. The number of rotatable bonds is 3. The van der Waals surface area contributed by atoms with Crippen molar-refractivity contribution in [3.8, 4) is 39.1 Å². The number of fused-ring (bicyclic) bond motifs is 12. The predicted octanol–water partition coefficient (Wildman–Crippen LogP) is 13.8. The summed E-state index contributed by atoms with van der Waals surface area (Å²) in [5.41, 5.74) is 19.9. The molecule has 0 saturated heterocycles. The van der Waals surface area contributed by atoms with E-state index in [9.17, 15) is 0 Å². The molecule has 0 aliphatic heterocycles. The van der Waals surface area contributed by atoms with E-state index in [1.807, 2.05) is 6.07 Å². The highest BCUT2D eigenvalue weighted by Crippen LogP contribution is 2.54. The molecule has 0 fully saturated rings. The number of para-hydroxylation sites is 4. The third kappa shape index (κ3) is 3.95. The topological polar surface area (TPSA) is 18.1 Å². The molecule has 0 bridgehead atoms. The van der Waals surface area contributed by atoms with Crippen molar-refractivity contribution in [2.45, 2.75) is 25.2 Å². The molecule has 2 heterocycles. The minimum absolute atomic E-state index is 0.144. The molecule has 0 radical (unpaired) electrons. The maximum atomic E-state index is 6.47. The van der Waals surface area contributed by atoms with Gasteiger partial charge in [-0.05, 0) is 98.1 Å². The number of nitrogens with zero attached hydrogens (tertiary/aromatic N) is 1. The molecule has 0 N–H and O–H groups in total. The van der Waals surface area contributed by atoms with Gasteiger partial charge in [0, 0.05) is 44.1 Å². The molecular formula is C52H35NO. The number of furan rings is 1. The lowest BCUT2D eigenvalue weighted by Gasteiger charge is -2.24. The maximum absolute atomic E-state index is 6.47. The second-order valence-corrected chi connectivity index (χ2v) is 15.6. The Bertz CT molecular complexity index is 3190. The molecule has 54 heavy (non-hydrogen) atoms. The van der Waals surface area contributed by atoms with Crippen LogP contribution in [0.2, 0.25) is 0 Å². The Labute approximate surface area is 313 Å². The van der Waals surface area contributed by atoms with Gasteiger partial charge in [-0.15, -0.1) is 0 Å². The monoisotopic (exact) mass is 689 g/mol. The lowest BCUT2D eigenvalue weighted by atomic mass is 9.79. The smallest absolute Gasteiger partial charge is 0.143 e. The standard InChI is InChI=1S/C52H35NO/c1-52(2)45-27-31(34-19-12-20-41-39-17-9-11-22-49(39)54-51(34)41)23-25-36(45)37-26-24-32(28-46(37)52)50-40-18-7-6-15-35(40)42-30-48-43(29-44(42)50)38-16-8-10-21-47(38)53(48)33-13-4-3-5-14-33/h3-30,50H,1-2H3. The van der Waals surface area contributed by atoms with E-state index in [2.05, 4.69) is 182 Å². The van der Waals surface area contributed by atoms with Crippen LogP contribution in [0.1, 0.15) is 47.6 Å². The fourth-order valence-electron chi connectivity index (χ4n) is 9.96. The van der Waals surface area contributed by atoms with Crippen LogP contribution in [0.3, 0.4) is 0 Å². The quantitative estimate of drug-likeness (QED) is 0.181. The molecule has 2 aliphatic carbocycles. The second kappa shape index (κ2) is 10.7. The van der Waals surface area contributed by atoms with Gasteiger partial charge in [0.2, 0.25) is 0 Å². The van der Waals surface area contributed by atoms with Gasteiger partial charge in [-0.2, -0.15) is 0 Å². The van der Waals surface area contributed by atoms with Gasteiger partial charge in [0.25, 0.3) is 0 Å². The minimum Gasteiger partial charge on any atom is -0.455 e. The number of hydrogen-bond donors (Lipinski definition) is 0. The van der Waals surface area contributed by atoms with Gasteiger partial charge in [-0.25, -0.2) is 0 Å². The fraction of sp³-hybridized carbons (Fsp3) is 0.0769. The minimum atomic E-state index is -0.174. The average molecular weight is 690 g/mol. The molecule has 0 amide bonds. The summed E-state index contributed by atoms with van der Waals surface area (Å²) in [6, 6.07) is 62.8. The summed E-state index contributed by atoms with van der Waals surface area (Å²) in [4.78, 5) is 0. The fourth-order valence-corrected chi connectivity index (χ4v) is 9.96. The Hall–Kier alpha value is -6.64. The highest BCUT2D eigenvalue weighted by Gasteiger charge is 2.38. The SMILES string of the molecule is CC1(C)c2cc(-c3cccc4c3oc3ccccc34)ccc2-c2ccc(C3c4ccccc4-c4cc5c(cc43)c3ccccc3n5-c3ccccc3)cc21. The molecule has 2 aliphatic rings. The highest BCUT2D eigenvalue weighted by molar-refractivity contribution is 6.12. The van der Waals surface area contributed by atoms with Crippen LogP contribution in [-0.4, -0.2) is 4.57 Å².